The van der Waals surface area contributed by atoms with E-state index in [1.54, 1.807) is 6.07 Å². The van der Waals surface area contributed by atoms with Gasteiger partial charge < -0.3 is 9.32 Å². The van der Waals surface area contributed by atoms with Crippen molar-refractivity contribution < 1.29 is 9.21 Å². The number of hydrogen-bond acceptors (Lipinski definition) is 2. The van der Waals surface area contributed by atoms with Gasteiger partial charge in [-0.2, -0.15) is 0 Å². The molecule has 1 atom stereocenters. The number of halogens is 2. The smallest absolute Gasteiger partial charge is 0.258 e. The molecule has 2 heterocycles. The number of furan rings is 1. The van der Waals surface area contributed by atoms with Gasteiger partial charge in [-0.25, -0.2) is 0 Å². The highest BCUT2D eigenvalue weighted by Crippen LogP contribution is 2.24. The molecule has 1 fully saturated rings. The molecule has 1 aliphatic heterocycles. The second-order valence-corrected chi connectivity index (χ2v) is 5.63. The molecule has 1 aromatic heterocycles. The number of carbonyl (C=O) groups is 1. The molecule has 0 aromatic carbocycles. The fourth-order valence-electron chi connectivity index (χ4n) is 2.21. The molecule has 1 aromatic rings. The molecule has 0 bridgehead atoms. The van der Waals surface area contributed by atoms with E-state index in [1.165, 1.54) is 19.1 Å². The van der Waals surface area contributed by atoms with Crippen LogP contribution in [0.4, 0.5) is 0 Å². The van der Waals surface area contributed by atoms with Crippen LogP contribution in [0.25, 0.3) is 0 Å². The summed E-state index contributed by atoms with van der Waals surface area (Å²) in [5, 5.41) is 0.841. The molecule has 1 saturated heterocycles. The van der Waals surface area contributed by atoms with Crippen LogP contribution < -0.4 is 0 Å². The third-order valence-corrected chi connectivity index (χ3v) is 4.53. The number of nitrogens with zero attached hydrogens (tertiary/aromatic N) is 1. The van der Waals surface area contributed by atoms with Crippen molar-refractivity contribution in [3.8, 4) is 0 Å². The number of alkyl halides is 1. The molecule has 5 heteroatoms. The molecule has 17 heavy (non-hydrogen) atoms. The Bertz CT molecular complexity index is 392. The van der Waals surface area contributed by atoms with Crippen molar-refractivity contribution in [1.29, 1.82) is 0 Å². The van der Waals surface area contributed by atoms with Crippen LogP contribution in [0, 0.1) is 0 Å². The third kappa shape index (κ3) is 2.94. The van der Waals surface area contributed by atoms with Gasteiger partial charge in [-0.1, -0.05) is 28.8 Å². The van der Waals surface area contributed by atoms with Gasteiger partial charge in [-0.05, 0) is 34.8 Å². The van der Waals surface area contributed by atoms with E-state index in [0.29, 0.717) is 16.3 Å². The third-order valence-electron chi connectivity index (χ3n) is 3.16. The van der Waals surface area contributed by atoms with Crippen molar-refractivity contribution >= 4 is 37.8 Å². The van der Waals surface area contributed by atoms with Crippen LogP contribution >= 0.6 is 31.9 Å². The van der Waals surface area contributed by atoms with Crippen molar-refractivity contribution in [2.24, 2.45) is 0 Å². The highest BCUT2D eigenvalue weighted by molar-refractivity contribution is 9.10. The topological polar surface area (TPSA) is 33.5 Å². The lowest BCUT2D eigenvalue weighted by molar-refractivity contribution is 0.0700. The van der Waals surface area contributed by atoms with Crippen molar-refractivity contribution in [3.05, 3.63) is 22.6 Å². The second kappa shape index (κ2) is 6.05. The second-order valence-electron chi connectivity index (χ2n) is 4.26. The molecule has 1 aliphatic rings. The summed E-state index contributed by atoms with van der Waals surface area (Å²) in [4.78, 5) is 14.4. The molecule has 3 nitrogen and oxygen atoms in total. The van der Waals surface area contributed by atoms with Gasteiger partial charge in [0.05, 0.1) is 11.8 Å². The minimum absolute atomic E-state index is 0.0666. The van der Waals surface area contributed by atoms with Crippen LogP contribution in [0.1, 0.15) is 36.0 Å². The Kier molecular flexibility index (Phi) is 4.68. The molecule has 0 spiro atoms. The summed E-state index contributed by atoms with van der Waals surface area (Å²) in [6, 6.07) is 2.02. The van der Waals surface area contributed by atoms with Crippen LogP contribution in [0.3, 0.4) is 0 Å². The van der Waals surface area contributed by atoms with Gasteiger partial charge in [0.25, 0.3) is 5.91 Å². The summed E-state index contributed by atoms with van der Waals surface area (Å²) in [5.74, 6) is 0.0666. The number of amides is 1. The minimum atomic E-state index is 0.0666. The van der Waals surface area contributed by atoms with E-state index in [-0.39, 0.29) is 5.91 Å². The van der Waals surface area contributed by atoms with Crippen LogP contribution in [0.5, 0.6) is 0 Å². The Morgan fingerprint density at radius 2 is 2.29 bits per heavy atom. The number of likely N-dealkylation sites (tertiary alicyclic amines) is 1. The van der Waals surface area contributed by atoms with Gasteiger partial charge in [0.1, 0.15) is 0 Å². The molecule has 0 aliphatic carbocycles. The maximum atomic E-state index is 12.4. The predicted octanol–water partition coefficient (Wildman–Crippen LogP) is 3.82. The molecule has 94 valence electrons. The largest absolute Gasteiger partial charge is 0.457 e. The Balaban J connectivity index is 2.18. The molecule has 1 amide bonds. The van der Waals surface area contributed by atoms with E-state index < -0.39 is 0 Å². The van der Waals surface area contributed by atoms with E-state index in [1.807, 2.05) is 4.90 Å². The first-order chi connectivity index (χ1) is 8.24. The first-order valence-corrected chi connectivity index (χ1v) is 7.75. The first kappa shape index (κ1) is 13.1. The Hall–Kier alpha value is -0.290. The van der Waals surface area contributed by atoms with Gasteiger partial charge in [-0.3, -0.25) is 4.79 Å². The zero-order valence-corrected chi connectivity index (χ0v) is 12.7. The normalized spacial score (nSPS) is 21.3. The van der Waals surface area contributed by atoms with Crippen molar-refractivity contribution in [1.82, 2.24) is 4.90 Å². The Morgan fingerprint density at radius 1 is 1.47 bits per heavy atom. The number of rotatable bonds is 2. The number of carbonyl (C=O) groups excluding carboxylic acids is 1. The number of hydrogen-bond donors (Lipinski definition) is 0. The Labute approximate surface area is 118 Å². The predicted molar refractivity (Wildman–Crippen MR) is 73.5 cm³/mol. The van der Waals surface area contributed by atoms with Crippen molar-refractivity contribution in [2.75, 3.05) is 11.9 Å². The fourth-order valence-corrected chi connectivity index (χ4v) is 3.29. The highest BCUT2D eigenvalue weighted by atomic mass is 79.9. The SMILES string of the molecule is O=C(c1ccoc1Br)N1CCCCCC1CBr. The molecule has 0 radical (unpaired) electrons. The van der Waals surface area contributed by atoms with E-state index in [2.05, 4.69) is 31.9 Å². The summed E-state index contributed by atoms with van der Waals surface area (Å²) in [7, 11) is 0. The lowest BCUT2D eigenvalue weighted by Crippen LogP contribution is -2.41. The zero-order chi connectivity index (χ0) is 12.3. The fraction of sp³-hybridized carbons (Fsp3) is 0.583. The van der Waals surface area contributed by atoms with E-state index >= 15 is 0 Å². The quantitative estimate of drug-likeness (QED) is 0.747. The molecular formula is C12H15Br2NO2. The van der Waals surface area contributed by atoms with Gasteiger partial charge >= 0.3 is 0 Å². The molecule has 2 rings (SSSR count). The lowest BCUT2D eigenvalue weighted by Gasteiger charge is -2.28. The summed E-state index contributed by atoms with van der Waals surface area (Å²) < 4.78 is 5.66. The monoisotopic (exact) mass is 363 g/mol. The van der Waals surface area contributed by atoms with Gasteiger partial charge in [0, 0.05) is 17.9 Å². The summed E-state index contributed by atoms with van der Waals surface area (Å²) in [5.41, 5.74) is 0.623. The molecular weight excluding hydrogens is 350 g/mol. The summed E-state index contributed by atoms with van der Waals surface area (Å²) in [6.45, 7) is 0.840. The zero-order valence-electron chi connectivity index (χ0n) is 9.49. The van der Waals surface area contributed by atoms with Gasteiger partial charge in [-0.15, -0.1) is 0 Å². The van der Waals surface area contributed by atoms with E-state index in [9.17, 15) is 4.79 Å². The van der Waals surface area contributed by atoms with Crippen LogP contribution in [-0.4, -0.2) is 28.7 Å². The maximum Gasteiger partial charge on any atom is 0.258 e. The molecule has 0 saturated carbocycles. The average Bonchev–Trinajstić information content (AvgIpc) is 2.64. The van der Waals surface area contributed by atoms with Crippen LogP contribution in [0.15, 0.2) is 21.4 Å². The van der Waals surface area contributed by atoms with Gasteiger partial charge in [0.2, 0.25) is 0 Å². The summed E-state index contributed by atoms with van der Waals surface area (Å²) >= 11 is 6.78. The van der Waals surface area contributed by atoms with E-state index in [0.717, 1.165) is 24.7 Å². The Morgan fingerprint density at radius 3 is 2.94 bits per heavy atom. The standard InChI is InChI=1S/C12H15Br2NO2/c13-8-9-4-2-1-3-6-15(9)12(16)10-5-7-17-11(10)14/h5,7,9H,1-4,6,8H2. The summed E-state index contributed by atoms with van der Waals surface area (Å²) in [6.07, 6.45) is 6.11. The average molecular weight is 365 g/mol. The first-order valence-electron chi connectivity index (χ1n) is 5.84. The van der Waals surface area contributed by atoms with Crippen molar-refractivity contribution in [2.45, 2.75) is 31.7 Å². The van der Waals surface area contributed by atoms with Crippen LogP contribution in [0.2, 0.25) is 0 Å². The maximum absolute atomic E-state index is 12.4. The van der Waals surface area contributed by atoms with Crippen LogP contribution in [-0.2, 0) is 0 Å². The van der Waals surface area contributed by atoms with E-state index in [4.69, 9.17) is 4.42 Å². The van der Waals surface area contributed by atoms with Gasteiger partial charge in [0.15, 0.2) is 4.67 Å². The lowest BCUT2D eigenvalue weighted by atomic mass is 10.1. The molecule has 0 N–H and O–H groups in total. The van der Waals surface area contributed by atoms with Crippen molar-refractivity contribution in [3.63, 3.8) is 0 Å². The minimum Gasteiger partial charge on any atom is -0.457 e. The highest BCUT2D eigenvalue weighted by Gasteiger charge is 2.27. The molecule has 1 unspecified atom stereocenters.